The first kappa shape index (κ1) is 23.0. The predicted octanol–water partition coefficient (Wildman–Crippen LogP) is 5.38. The van der Waals surface area contributed by atoms with Gasteiger partial charge in [0.05, 0.1) is 12.8 Å². The molecule has 1 aliphatic heterocycles. The van der Waals surface area contributed by atoms with E-state index in [-0.39, 0.29) is 17.7 Å². The summed E-state index contributed by atoms with van der Waals surface area (Å²) in [6.45, 7) is 6.25. The molecule has 1 fully saturated rings. The maximum absolute atomic E-state index is 13.4. The number of ether oxygens (including phenoxy) is 2. The quantitative estimate of drug-likeness (QED) is 0.338. The summed E-state index contributed by atoms with van der Waals surface area (Å²) in [7, 11) is 1.57. The van der Waals surface area contributed by atoms with E-state index in [2.05, 4.69) is 16.1 Å². The van der Waals surface area contributed by atoms with E-state index in [1.54, 1.807) is 31.4 Å². The number of hydrogen-bond acceptors (Lipinski definition) is 6. The third kappa shape index (κ3) is 5.42. The maximum Gasteiger partial charge on any atom is 0.170 e. The molecule has 4 rings (SSSR count). The second-order valence-electron chi connectivity index (χ2n) is 8.46. The fourth-order valence-electron chi connectivity index (χ4n) is 4.24. The number of fused-ring (bicyclic) bond motifs is 1. The van der Waals surface area contributed by atoms with Crippen LogP contribution in [0.1, 0.15) is 48.7 Å². The molecule has 6 nitrogen and oxygen atoms in total. The van der Waals surface area contributed by atoms with Gasteiger partial charge in [-0.15, -0.1) is 0 Å². The van der Waals surface area contributed by atoms with Crippen molar-refractivity contribution >= 4 is 16.8 Å². The molecule has 2 heterocycles. The summed E-state index contributed by atoms with van der Waals surface area (Å²) >= 11 is 0. The molecule has 0 aliphatic carbocycles. The molecular formula is C26H29FN2O4. The van der Waals surface area contributed by atoms with Gasteiger partial charge in [-0.3, -0.25) is 9.69 Å². The largest absolute Gasteiger partial charge is 0.493 e. The summed E-state index contributed by atoms with van der Waals surface area (Å²) in [5, 5.41) is 5.13. The smallest absolute Gasteiger partial charge is 0.170 e. The van der Waals surface area contributed by atoms with Crippen molar-refractivity contribution in [2.24, 2.45) is 0 Å². The van der Waals surface area contributed by atoms with Gasteiger partial charge in [-0.1, -0.05) is 11.2 Å². The Bertz CT molecular complexity index is 1150. The average molecular weight is 453 g/mol. The molecule has 0 spiro atoms. The van der Waals surface area contributed by atoms with Crippen molar-refractivity contribution in [1.82, 2.24) is 10.1 Å². The van der Waals surface area contributed by atoms with Gasteiger partial charge in [-0.25, -0.2) is 4.39 Å². The lowest BCUT2D eigenvalue weighted by Crippen LogP contribution is -2.33. The predicted molar refractivity (Wildman–Crippen MR) is 125 cm³/mol. The molecule has 0 amide bonds. The summed E-state index contributed by atoms with van der Waals surface area (Å²) in [6.07, 6.45) is 5.98. The van der Waals surface area contributed by atoms with Gasteiger partial charge in [0, 0.05) is 29.5 Å². The molecule has 1 saturated heterocycles. The number of Topliss-reactive ketones (excluding diaryl/α,β-unsaturated/α-hetero) is 1. The van der Waals surface area contributed by atoms with E-state index >= 15 is 0 Å². The molecule has 2 aromatic carbocycles. The van der Waals surface area contributed by atoms with Gasteiger partial charge in [0.1, 0.15) is 11.9 Å². The van der Waals surface area contributed by atoms with Gasteiger partial charge in [-0.05, 0) is 76.2 Å². The Balaban J connectivity index is 1.28. The van der Waals surface area contributed by atoms with Crippen molar-refractivity contribution in [3.63, 3.8) is 0 Å². The van der Waals surface area contributed by atoms with Gasteiger partial charge in [0.15, 0.2) is 22.9 Å². The molecule has 0 bridgehead atoms. The van der Waals surface area contributed by atoms with Crippen molar-refractivity contribution in [1.29, 1.82) is 0 Å². The standard InChI is InChI=1S/C26H29FN2O4/c1-17(32-23-9-6-20(18(2)30)15-25(23)31-3)5-4-12-29-13-10-19(11-14-29)26-22-8-7-21(27)16-24(22)33-28-26/h4-9,15-17,19H,10-14H2,1-3H3. The van der Waals surface area contributed by atoms with Crippen LogP contribution in [-0.2, 0) is 0 Å². The number of carbonyl (C=O) groups is 1. The Hall–Kier alpha value is -3.19. The van der Waals surface area contributed by atoms with Crippen LogP contribution in [0.4, 0.5) is 4.39 Å². The number of aromatic nitrogens is 1. The Morgan fingerprint density at radius 1 is 1.24 bits per heavy atom. The molecule has 0 radical (unpaired) electrons. The fourth-order valence-corrected chi connectivity index (χ4v) is 4.24. The van der Waals surface area contributed by atoms with E-state index < -0.39 is 0 Å². The number of ketones is 1. The van der Waals surface area contributed by atoms with Crippen molar-refractivity contribution in [3.8, 4) is 11.5 Å². The normalized spacial score (nSPS) is 16.4. The van der Waals surface area contributed by atoms with Crippen molar-refractivity contribution in [3.05, 3.63) is 65.6 Å². The molecule has 33 heavy (non-hydrogen) atoms. The van der Waals surface area contributed by atoms with Gasteiger partial charge >= 0.3 is 0 Å². The minimum Gasteiger partial charge on any atom is -0.493 e. The molecule has 3 aromatic rings. The molecule has 0 saturated carbocycles. The Morgan fingerprint density at radius 2 is 2.03 bits per heavy atom. The van der Waals surface area contributed by atoms with Crippen LogP contribution in [-0.4, -0.2) is 48.7 Å². The highest BCUT2D eigenvalue weighted by atomic mass is 19.1. The zero-order chi connectivity index (χ0) is 23.4. The SMILES string of the molecule is COc1cc(C(C)=O)ccc1OC(C)C=CCN1CCC(c2noc3cc(F)ccc23)CC1. The van der Waals surface area contributed by atoms with Crippen molar-refractivity contribution in [2.75, 3.05) is 26.7 Å². The van der Waals surface area contributed by atoms with E-state index in [0.717, 1.165) is 43.6 Å². The van der Waals surface area contributed by atoms with E-state index in [4.69, 9.17) is 14.0 Å². The van der Waals surface area contributed by atoms with Gasteiger partial charge < -0.3 is 14.0 Å². The number of piperidine rings is 1. The molecule has 7 heteroatoms. The number of hydrogen-bond donors (Lipinski definition) is 0. The highest BCUT2D eigenvalue weighted by Crippen LogP contribution is 2.33. The number of likely N-dealkylation sites (tertiary alicyclic amines) is 1. The molecule has 1 aromatic heterocycles. The number of carbonyl (C=O) groups excluding carboxylic acids is 1. The monoisotopic (exact) mass is 452 g/mol. The van der Waals surface area contributed by atoms with Crippen LogP contribution in [0, 0.1) is 5.82 Å². The van der Waals surface area contributed by atoms with Crippen molar-refractivity contribution < 1.29 is 23.2 Å². The zero-order valence-electron chi connectivity index (χ0n) is 19.2. The minimum absolute atomic E-state index is 0.0119. The van der Waals surface area contributed by atoms with Crippen LogP contribution < -0.4 is 9.47 Å². The molecule has 0 N–H and O–H groups in total. The first-order valence-corrected chi connectivity index (χ1v) is 11.2. The lowest BCUT2D eigenvalue weighted by molar-refractivity contribution is 0.101. The number of benzene rings is 2. The van der Waals surface area contributed by atoms with Gasteiger partial charge in [0.2, 0.25) is 0 Å². The van der Waals surface area contributed by atoms with E-state index in [1.165, 1.54) is 19.1 Å². The van der Waals surface area contributed by atoms with Crippen molar-refractivity contribution in [2.45, 2.75) is 38.7 Å². The van der Waals surface area contributed by atoms with Gasteiger partial charge in [-0.2, -0.15) is 0 Å². The molecule has 1 atom stereocenters. The summed E-state index contributed by atoms with van der Waals surface area (Å²) < 4.78 is 30.1. The van der Waals surface area contributed by atoms with Crippen LogP contribution in [0.5, 0.6) is 11.5 Å². The topological polar surface area (TPSA) is 64.8 Å². The summed E-state index contributed by atoms with van der Waals surface area (Å²) in [4.78, 5) is 14.0. The zero-order valence-corrected chi connectivity index (χ0v) is 19.2. The Labute approximate surface area is 192 Å². The minimum atomic E-state index is -0.309. The summed E-state index contributed by atoms with van der Waals surface area (Å²) in [5.41, 5.74) is 2.04. The molecule has 1 aliphatic rings. The van der Waals surface area contributed by atoms with Crippen LogP contribution >= 0.6 is 0 Å². The second kappa shape index (κ2) is 10.2. The Kier molecular flexibility index (Phi) is 7.08. The first-order valence-electron chi connectivity index (χ1n) is 11.2. The van der Waals surface area contributed by atoms with E-state index in [1.807, 2.05) is 13.0 Å². The third-order valence-corrected chi connectivity index (χ3v) is 6.09. The number of rotatable bonds is 8. The van der Waals surface area contributed by atoms with Crippen LogP contribution in [0.25, 0.3) is 11.0 Å². The lowest BCUT2D eigenvalue weighted by Gasteiger charge is -2.30. The highest BCUT2D eigenvalue weighted by molar-refractivity contribution is 5.94. The highest BCUT2D eigenvalue weighted by Gasteiger charge is 2.24. The third-order valence-electron chi connectivity index (χ3n) is 6.09. The van der Waals surface area contributed by atoms with Crippen LogP contribution in [0.2, 0.25) is 0 Å². The first-order chi connectivity index (χ1) is 15.9. The van der Waals surface area contributed by atoms with Crippen LogP contribution in [0.3, 0.4) is 0 Å². The number of halogens is 1. The summed E-state index contributed by atoms with van der Waals surface area (Å²) in [6, 6.07) is 9.83. The molecule has 174 valence electrons. The van der Waals surface area contributed by atoms with Gasteiger partial charge in [0.25, 0.3) is 0 Å². The average Bonchev–Trinajstić information content (AvgIpc) is 3.22. The molecular weight excluding hydrogens is 423 g/mol. The number of nitrogens with zero attached hydrogens (tertiary/aromatic N) is 2. The lowest BCUT2D eigenvalue weighted by atomic mass is 9.91. The van der Waals surface area contributed by atoms with E-state index in [0.29, 0.717) is 28.6 Å². The second-order valence-corrected chi connectivity index (χ2v) is 8.46. The fraction of sp³-hybridized carbons (Fsp3) is 0.385. The Morgan fingerprint density at radius 3 is 2.76 bits per heavy atom. The van der Waals surface area contributed by atoms with E-state index in [9.17, 15) is 9.18 Å². The maximum atomic E-state index is 13.4. The van der Waals surface area contributed by atoms with Crippen LogP contribution in [0.15, 0.2) is 53.1 Å². The summed E-state index contributed by atoms with van der Waals surface area (Å²) in [5.74, 6) is 1.16. The molecule has 1 unspecified atom stereocenters. The number of methoxy groups -OCH3 is 1.